The van der Waals surface area contributed by atoms with E-state index in [0.29, 0.717) is 0 Å². The van der Waals surface area contributed by atoms with Gasteiger partial charge in [-0.3, -0.25) is 4.79 Å². The molecule has 4 nitrogen and oxygen atoms in total. The average Bonchev–Trinajstić information content (AvgIpc) is 2.57. The van der Waals surface area contributed by atoms with E-state index in [0.717, 1.165) is 28.1 Å². The Balaban J connectivity index is 2.16. The fourth-order valence-corrected chi connectivity index (χ4v) is 3.69. The van der Waals surface area contributed by atoms with E-state index in [2.05, 4.69) is 43.4 Å². The number of anilines is 1. The molecule has 0 saturated heterocycles. The van der Waals surface area contributed by atoms with Crippen LogP contribution in [0.4, 0.5) is 5.69 Å². The number of para-hydroxylation sites is 1. The maximum atomic E-state index is 11.8. The molecule has 0 radical (unpaired) electrons. The van der Waals surface area contributed by atoms with Crippen LogP contribution in [0.15, 0.2) is 42.5 Å². The molecule has 1 aliphatic heterocycles. The number of rotatable bonds is 3. The Labute approximate surface area is 149 Å². The van der Waals surface area contributed by atoms with Crippen LogP contribution < -0.4 is 10.1 Å². The maximum absolute atomic E-state index is 11.8. The van der Waals surface area contributed by atoms with Crippen LogP contribution in [0.25, 0.3) is 0 Å². The van der Waals surface area contributed by atoms with Gasteiger partial charge < -0.3 is 14.8 Å². The Kier molecular flexibility index (Phi) is 4.46. The highest BCUT2D eigenvalue weighted by Crippen LogP contribution is 2.54. The summed E-state index contributed by atoms with van der Waals surface area (Å²) in [5, 5.41) is 3.64. The monoisotopic (exact) mass is 339 g/mol. The largest absolute Gasteiger partial charge is 0.496 e. The van der Waals surface area contributed by atoms with E-state index in [1.165, 1.54) is 6.92 Å². The maximum Gasteiger partial charge on any atom is 0.303 e. The van der Waals surface area contributed by atoms with E-state index < -0.39 is 0 Å². The Morgan fingerprint density at radius 2 is 1.84 bits per heavy atom. The number of carbonyl (C=O) groups is 1. The number of aryl methyl sites for hydroxylation is 1. The highest BCUT2D eigenvalue weighted by molar-refractivity contribution is 5.68. The summed E-state index contributed by atoms with van der Waals surface area (Å²) in [6, 6.07) is 14.1. The van der Waals surface area contributed by atoms with Gasteiger partial charge in [-0.15, -0.1) is 0 Å². The smallest absolute Gasteiger partial charge is 0.303 e. The van der Waals surface area contributed by atoms with Gasteiger partial charge in [-0.05, 0) is 19.1 Å². The summed E-state index contributed by atoms with van der Waals surface area (Å²) in [6.45, 7) is 7.75. The molecule has 0 amide bonds. The van der Waals surface area contributed by atoms with Crippen molar-refractivity contribution in [3.05, 3.63) is 59.2 Å². The van der Waals surface area contributed by atoms with Crippen LogP contribution in [0, 0.1) is 12.3 Å². The van der Waals surface area contributed by atoms with Gasteiger partial charge in [-0.1, -0.05) is 49.7 Å². The van der Waals surface area contributed by atoms with Crippen LogP contribution in [-0.4, -0.2) is 13.1 Å². The predicted octanol–water partition coefficient (Wildman–Crippen LogP) is 4.80. The van der Waals surface area contributed by atoms with E-state index in [4.69, 9.17) is 9.47 Å². The number of ether oxygens (including phenoxy) is 2. The third-order valence-electron chi connectivity index (χ3n) is 4.94. The molecule has 3 rings (SSSR count). The third kappa shape index (κ3) is 3.09. The van der Waals surface area contributed by atoms with Gasteiger partial charge in [0.15, 0.2) is 0 Å². The molecule has 0 aromatic heterocycles. The van der Waals surface area contributed by atoms with Crippen molar-refractivity contribution in [1.82, 2.24) is 0 Å². The number of hydrogen-bond acceptors (Lipinski definition) is 4. The minimum Gasteiger partial charge on any atom is -0.496 e. The van der Waals surface area contributed by atoms with E-state index in [1.807, 2.05) is 25.1 Å². The van der Waals surface area contributed by atoms with Gasteiger partial charge in [0.05, 0.1) is 13.2 Å². The molecule has 2 aromatic carbocycles. The topological polar surface area (TPSA) is 47.6 Å². The molecule has 0 spiro atoms. The number of esters is 1. The van der Waals surface area contributed by atoms with Gasteiger partial charge in [0.2, 0.25) is 0 Å². The first-order valence-corrected chi connectivity index (χ1v) is 8.52. The van der Waals surface area contributed by atoms with Gasteiger partial charge in [0.25, 0.3) is 0 Å². The van der Waals surface area contributed by atoms with E-state index in [1.54, 1.807) is 7.11 Å². The fourth-order valence-electron chi connectivity index (χ4n) is 3.69. The molecule has 4 heteroatoms. The van der Waals surface area contributed by atoms with Crippen LogP contribution in [0.5, 0.6) is 5.75 Å². The van der Waals surface area contributed by atoms with Crippen molar-refractivity contribution in [3.63, 3.8) is 0 Å². The SMILES string of the molecule is COc1ccccc1C1Nc2ccc(C)cc2C(OC(C)=O)C1(C)C. The summed E-state index contributed by atoms with van der Waals surface area (Å²) in [7, 11) is 1.68. The number of carbonyl (C=O) groups excluding carboxylic acids is 1. The zero-order valence-corrected chi connectivity index (χ0v) is 15.4. The Morgan fingerprint density at radius 3 is 2.52 bits per heavy atom. The zero-order valence-electron chi connectivity index (χ0n) is 15.4. The summed E-state index contributed by atoms with van der Waals surface area (Å²) >= 11 is 0. The molecule has 0 fully saturated rings. The molecule has 1 N–H and O–H groups in total. The number of fused-ring (bicyclic) bond motifs is 1. The third-order valence-corrected chi connectivity index (χ3v) is 4.94. The molecular weight excluding hydrogens is 314 g/mol. The highest BCUT2D eigenvalue weighted by Gasteiger charge is 2.46. The van der Waals surface area contributed by atoms with Crippen LogP contribution in [0.2, 0.25) is 0 Å². The second-order valence-electron chi connectivity index (χ2n) is 7.22. The second-order valence-corrected chi connectivity index (χ2v) is 7.22. The van der Waals surface area contributed by atoms with Crippen LogP contribution in [-0.2, 0) is 9.53 Å². The van der Waals surface area contributed by atoms with Crippen LogP contribution >= 0.6 is 0 Å². The Morgan fingerprint density at radius 1 is 1.12 bits per heavy atom. The molecule has 0 aliphatic carbocycles. The second kappa shape index (κ2) is 6.43. The number of benzene rings is 2. The Bertz CT molecular complexity index is 797. The molecule has 0 saturated carbocycles. The minimum absolute atomic E-state index is 0.0526. The van der Waals surface area contributed by atoms with Crippen LogP contribution in [0.1, 0.15) is 49.6 Å². The van der Waals surface area contributed by atoms with Gasteiger partial charge in [0, 0.05) is 29.2 Å². The first-order valence-electron chi connectivity index (χ1n) is 8.52. The van der Waals surface area contributed by atoms with E-state index in [9.17, 15) is 4.79 Å². The zero-order chi connectivity index (χ0) is 18.2. The van der Waals surface area contributed by atoms with E-state index in [-0.39, 0.29) is 23.5 Å². The lowest BCUT2D eigenvalue weighted by molar-refractivity contribution is -0.154. The molecular formula is C21H25NO3. The number of methoxy groups -OCH3 is 1. The van der Waals surface area contributed by atoms with Gasteiger partial charge >= 0.3 is 5.97 Å². The van der Waals surface area contributed by atoms with Crippen molar-refractivity contribution in [1.29, 1.82) is 0 Å². The lowest BCUT2D eigenvalue weighted by Gasteiger charge is -2.46. The van der Waals surface area contributed by atoms with Gasteiger partial charge in [-0.25, -0.2) is 0 Å². The van der Waals surface area contributed by atoms with Crippen molar-refractivity contribution >= 4 is 11.7 Å². The lowest BCUT2D eigenvalue weighted by atomic mass is 9.70. The summed E-state index contributed by atoms with van der Waals surface area (Å²) in [6.07, 6.45) is -0.337. The number of hydrogen-bond donors (Lipinski definition) is 1. The van der Waals surface area contributed by atoms with E-state index >= 15 is 0 Å². The molecule has 2 unspecified atom stereocenters. The lowest BCUT2D eigenvalue weighted by Crippen LogP contribution is -2.40. The van der Waals surface area contributed by atoms with Crippen molar-refractivity contribution in [3.8, 4) is 5.75 Å². The normalized spacial score (nSPS) is 21.0. The average molecular weight is 339 g/mol. The standard InChI is InChI=1S/C21H25NO3/c1-13-10-11-17-16(12-13)20(25-14(2)23)21(3,4)19(22-17)15-8-6-7-9-18(15)24-5/h6-12,19-20,22H,1-5H3. The summed E-state index contributed by atoms with van der Waals surface area (Å²) in [5.74, 6) is 0.552. The summed E-state index contributed by atoms with van der Waals surface area (Å²) in [4.78, 5) is 11.8. The minimum atomic E-state index is -0.360. The predicted molar refractivity (Wildman–Crippen MR) is 98.8 cm³/mol. The van der Waals surface area contributed by atoms with Crippen LogP contribution in [0.3, 0.4) is 0 Å². The van der Waals surface area contributed by atoms with Crippen molar-refractivity contribution in [2.45, 2.75) is 39.8 Å². The van der Waals surface area contributed by atoms with Gasteiger partial charge in [-0.2, -0.15) is 0 Å². The fraction of sp³-hybridized carbons (Fsp3) is 0.381. The quantitative estimate of drug-likeness (QED) is 0.816. The Hall–Kier alpha value is -2.49. The first kappa shape index (κ1) is 17.3. The summed E-state index contributed by atoms with van der Waals surface area (Å²) < 4.78 is 11.4. The molecule has 2 atom stereocenters. The molecule has 25 heavy (non-hydrogen) atoms. The molecule has 1 aliphatic rings. The first-order chi connectivity index (χ1) is 11.8. The van der Waals surface area contributed by atoms with Crippen molar-refractivity contribution < 1.29 is 14.3 Å². The molecule has 1 heterocycles. The molecule has 2 aromatic rings. The molecule has 132 valence electrons. The van der Waals surface area contributed by atoms with Gasteiger partial charge in [0.1, 0.15) is 11.9 Å². The van der Waals surface area contributed by atoms with Crippen molar-refractivity contribution in [2.75, 3.05) is 12.4 Å². The summed E-state index contributed by atoms with van der Waals surface area (Å²) in [5.41, 5.74) is 3.85. The van der Waals surface area contributed by atoms with Crippen molar-refractivity contribution in [2.24, 2.45) is 5.41 Å². The number of nitrogens with one attached hydrogen (secondary N) is 1. The molecule has 0 bridgehead atoms. The highest BCUT2D eigenvalue weighted by atomic mass is 16.5.